The van der Waals surface area contributed by atoms with Crippen molar-refractivity contribution in [3.8, 4) is 0 Å². The minimum atomic E-state index is 0.591. The average molecular weight is 143 g/mol. The molecule has 1 rings (SSSR count). The molecular formula is C7H15N2O-. The summed E-state index contributed by atoms with van der Waals surface area (Å²) in [6.07, 6.45) is 0. The van der Waals surface area contributed by atoms with Crippen molar-refractivity contribution >= 4 is 0 Å². The fourth-order valence-corrected chi connectivity index (χ4v) is 1.22. The van der Waals surface area contributed by atoms with Crippen molar-refractivity contribution < 1.29 is 0 Å². The van der Waals surface area contributed by atoms with E-state index in [1.54, 1.807) is 0 Å². The third kappa shape index (κ3) is 1.94. The minimum Gasteiger partial charge on any atom is -0.785 e. The molecule has 60 valence electrons. The molecule has 1 heterocycles. The largest absolute Gasteiger partial charge is 0.785 e. The molecule has 0 unspecified atom stereocenters. The van der Waals surface area contributed by atoms with Crippen LogP contribution in [0.5, 0.6) is 0 Å². The van der Waals surface area contributed by atoms with E-state index in [-0.39, 0.29) is 0 Å². The third-order valence-electron chi connectivity index (χ3n) is 2.00. The molecule has 1 saturated heterocycles. The van der Waals surface area contributed by atoms with Crippen molar-refractivity contribution in [1.82, 2.24) is 9.96 Å². The minimum absolute atomic E-state index is 0.591. The SMILES string of the molecule is CC(C)N1CCN([O-])CC1. The summed E-state index contributed by atoms with van der Waals surface area (Å²) in [5.74, 6) is 0. The Hall–Kier alpha value is -0.120. The van der Waals surface area contributed by atoms with E-state index in [9.17, 15) is 5.21 Å². The lowest BCUT2D eigenvalue weighted by molar-refractivity contribution is 0.138. The molecule has 0 atom stereocenters. The second kappa shape index (κ2) is 3.32. The summed E-state index contributed by atoms with van der Waals surface area (Å²) in [6.45, 7) is 7.56. The summed E-state index contributed by atoms with van der Waals surface area (Å²) in [5, 5.41) is 11.9. The Labute approximate surface area is 62.2 Å². The van der Waals surface area contributed by atoms with Gasteiger partial charge in [-0.3, -0.25) is 4.90 Å². The van der Waals surface area contributed by atoms with Crippen molar-refractivity contribution in [2.75, 3.05) is 26.2 Å². The van der Waals surface area contributed by atoms with E-state index in [1.807, 2.05) is 0 Å². The van der Waals surface area contributed by atoms with E-state index >= 15 is 0 Å². The van der Waals surface area contributed by atoms with Crippen molar-refractivity contribution in [3.63, 3.8) is 0 Å². The van der Waals surface area contributed by atoms with E-state index in [2.05, 4.69) is 18.7 Å². The van der Waals surface area contributed by atoms with Crippen LogP contribution in [-0.2, 0) is 0 Å². The molecule has 0 spiro atoms. The zero-order chi connectivity index (χ0) is 7.56. The van der Waals surface area contributed by atoms with Gasteiger partial charge in [0, 0.05) is 19.1 Å². The molecular weight excluding hydrogens is 128 g/mol. The maximum atomic E-state index is 10.7. The van der Waals surface area contributed by atoms with E-state index in [0.29, 0.717) is 19.1 Å². The third-order valence-corrected chi connectivity index (χ3v) is 2.00. The molecule has 0 N–H and O–H groups in total. The topological polar surface area (TPSA) is 29.5 Å². The first-order valence-corrected chi connectivity index (χ1v) is 3.86. The average Bonchev–Trinajstić information content (AvgIpc) is 1.88. The molecule has 0 aromatic carbocycles. The Bertz CT molecular complexity index is 97.8. The number of hydroxylamine groups is 2. The van der Waals surface area contributed by atoms with Crippen LogP contribution in [0.15, 0.2) is 0 Å². The van der Waals surface area contributed by atoms with E-state index < -0.39 is 0 Å². The molecule has 0 aromatic heterocycles. The molecule has 0 saturated carbocycles. The molecule has 0 aliphatic carbocycles. The quantitative estimate of drug-likeness (QED) is 0.535. The molecule has 0 aromatic rings. The van der Waals surface area contributed by atoms with Gasteiger partial charge in [0.15, 0.2) is 0 Å². The molecule has 3 heteroatoms. The molecule has 1 aliphatic heterocycles. The summed E-state index contributed by atoms with van der Waals surface area (Å²) < 4.78 is 0. The zero-order valence-electron chi connectivity index (χ0n) is 6.71. The summed E-state index contributed by atoms with van der Waals surface area (Å²) in [5.41, 5.74) is 0. The van der Waals surface area contributed by atoms with Gasteiger partial charge in [-0.15, -0.1) is 0 Å². The van der Waals surface area contributed by atoms with E-state index in [4.69, 9.17) is 0 Å². The fourth-order valence-electron chi connectivity index (χ4n) is 1.22. The van der Waals surface area contributed by atoms with Crippen LogP contribution < -0.4 is 0 Å². The lowest BCUT2D eigenvalue weighted by Crippen LogP contribution is -2.46. The van der Waals surface area contributed by atoms with E-state index in [1.165, 1.54) is 0 Å². The van der Waals surface area contributed by atoms with Gasteiger partial charge >= 0.3 is 0 Å². The molecule has 1 aliphatic rings. The smallest absolute Gasteiger partial charge is 0.0103 e. The highest BCUT2D eigenvalue weighted by Crippen LogP contribution is 2.03. The van der Waals surface area contributed by atoms with Crippen LogP contribution >= 0.6 is 0 Å². The second-order valence-electron chi connectivity index (χ2n) is 3.06. The van der Waals surface area contributed by atoms with Gasteiger partial charge < -0.3 is 10.3 Å². The summed E-state index contributed by atoms with van der Waals surface area (Å²) in [7, 11) is 0. The number of rotatable bonds is 1. The Morgan fingerprint density at radius 1 is 1.10 bits per heavy atom. The predicted octanol–water partition coefficient (Wildman–Crippen LogP) is 0.510. The number of nitrogens with zero attached hydrogens (tertiary/aromatic N) is 2. The number of piperazine rings is 1. The Morgan fingerprint density at radius 2 is 1.60 bits per heavy atom. The number of hydrogen-bond donors (Lipinski definition) is 0. The van der Waals surface area contributed by atoms with Gasteiger partial charge in [-0.25, -0.2) is 0 Å². The predicted molar refractivity (Wildman–Crippen MR) is 41.6 cm³/mol. The highest BCUT2D eigenvalue weighted by molar-refractivity contribution is 4.73. The molecule has 10 heavy (non-hydrogen) atoms. The second-order valence-corrected chi connectivity index (χ2v) is 3.06. The first kappa shape index (κ1) is 7.98. The molecule has 0 amide bonds. The normalized spacial score (nSPS) is 24.0. The summed E-state index contributed by atoms with van der Waals surface area (Å²) >= 11 is 0. The lowest BCUT2D eigenvalue weighted by Gasteiger charge is -2.40. The Kier molecular flexibility index (Phi) is 2.65. The molecule has 3 nitrogen and oxygen atoms in total. The van der Waals surface area contributed by atoms with Crippen LogP contribution in [0.3, 0.4) is 0 Å². The standard InChI is InChI=1S/C7H15N2O/c1-7(2)8-3-5-9(10)6-4-8/h7H,3-6H2,1-2H3/q-1. The van der Waals surface area contributed by atoms with Crippen molar-refractivity contribution in [2.24, 2.45) is 0 Å². The first-order chi connectivity index (χ1) is 4.70. The van der Waals surface area contributed by atoms with Gasteiger partial charge in [0.05, 0.1) is 0 Å². The first-order valence-electron chi connectivity index (χ1n) is 3.86. The van der Waals surface area contributed by atoms with Crippen LogP contribution in [0.25, 0.3) is 0 Å². The Morgan fingerprint density at radius 3 is 2.00 bits per heavy atom. The van der Waals surface area contributed by atoms with Gasteiger partial charge in [0.25, 0.3) is 0 Å². The highest BCUT2D eigenvalue weighted by atomic mass is 16.5. The summed E-state index contributed by atoms with van der Waals surface area (Å²) in [6, 6.07) is 0.591. The maximum absolute atomic E-state index is 10.7. The Balaban J connectivity index is 2.26. The van der Waals surface area contributed by atoms with Crippen LogP contribution in [0.4, 0.5) is 0 Å². The van der Waals surface area contributed by atoms with Gasteiger partial charge in [-0.1, -0.05) is 0 Å². The highest BCUT2D eigenvalue weighted by Gasteiger charge is 2.12. The van der Waals surface area contributed by atoms with Gasteiger partial charge in [-0.2, -0.15) is 0 Å². The van der Waals surface area contributed by atoms with E-state index in [0.717, 1.165) is 18.2 Å². The van der Waals surface area contributed by atoms with Crippen LogP contribution in [0.1, 0.15) is 13.8 Å². The lowest BCUT2D eigenvalue weighted by atomic mass is 10.3. The monoisotopic (exact) mass is 143 g/mol. The fraction of sp³-hybridized carbons (Fsp3) is 1.00. The van der Waals surface area contributed by atoms with Gasteiger partial charge in [0.1, 0.15) is 0 Å². The van der Waals surface area contributed by atoms with Crippen molar-refractivity contribution in [3.05, 3.63) is 5.21 Å². The molecule has 0 bridgehead atoms. The summed E-state index contributed by atoms with van der Waals surface area (Å²) in [4.78, 5) is 2.33. The van der Waals surface area contributed by atoms with Gasteiger partial charge in [0.2, 0.25) is 0 Å². The molecule has 1 fully saturated rings. The van der Waals surface area contributed by atoms with Crippen LogP contribution in [-0.4, -0.2) is 42.2 Å². The van der Waals surface area contributed by atoms with Crippen molar-refractivity contribution in [1.29, 1.82) is 0 Å². The number of hydrogen-bond acceptors (Lipinski definition) is 3. The van der Waals surface area contributed by atoms with Crippen molar-refractivity contribution in [2.45, 2.75) is 19.9 Å². The molecule has 0 radical (unpaired) electrons. The van der Waals surface area contributed by atoms with Crippen LogP contribution in [0, 0.1) is 5.21 Å². The zero-order valence-corrected chi connectivity index (χ0v) is 6.71. The maximum Gasteiger partial charge on any atom is 0.0103 e. The van der Waals surface area contributed by atoms with Gasteiger partial charge in [-0.05, 0) is 26.9 Å². The van der Waals surface area contributed by atoms with Crippen LogP contribution in [0.2, 0.25) is 0 Å².